The zero-order valence-corrected chi connectivity index (χ0v) is 6.89. The van der Waals surface area contributed by atoms with Gasteiger partial charge in [0.2, 0.25) is 0 Å². The number of rotatable bonds is 2. The highest BCUT2D eigenvalue weighted by atomic mass is 15.3. The van der Waals surface area contributed by atoms with Crippen molar-refractivity contribution in [2.75, 3.05) is 13.6 Å². The first-order chi connectivity index (χ1) is 4.13. The molecular weight excluding hydrogens is 110 g/mol. The van der Waals surface area contributed by atoms with Gasteiger partial charge in [-0.05, 0) is 18.9 Å². The first-order valence-corrected chi connectivity index (χ1v) is 3.83. The van der Waals surface area contributed by atoms with Crippen LogP contribution in [0.2, 0.25) is 0 Å². The lowest BCUT2D eigenvalue weighted by molar-refractivity contribution is 0.369. The van der Waals surface area contributed by atoms with Crippen LogP contribution in [0.3, 0.4) is 0 Å². The molecule has 1 aliphatic heterocycles. The fourth-order valence-corrected chi connectivity index (χ4v) is 1.26. The average Bonchev–Trinajstić information content (AvgIpc) is 2.44. The van der Waals surface area contributed by atoms with Gasteiger partial charge in [0, 0.05) is 12.6 Å². The lowest BCUT2D eigenvalue weighted by Crippen LogP contribution is -2.13. The molecule has 1 rings (SSSR count). The molecule has 1 nitrogen and oxygen atoms in total. The Kier molecular flexibility index (Phi) is 1.80. The smallest absolute Gasteiger partial charge is 0.0248 e. The highest BCUT2D eigenvalue weighted by Crippen LogP contribution is 2.27. The van der Waals surface area contributed by atoms with E-state index in [0.29, 0.717) is 0 Å². The first kappa shape index (κ1) is 7.07. The molecule has 1 fully saturated rings. The summed E-state index contributed by atoms with van der Waals surface area (Å²) in [6.45, 7) is 8.27. The van der Waals surface area contributed by atoms with Crippen LogP contribution >= 0.6 is 0 Å². The van der Waals surface area contributed by atoms with Crippen LogP contribution in [0.15, 0.2) is 0 Å². The molecule has 0 N–H and O–H groups in total. The summed E-state index contributed by atoms with van der Waals surface area (Å²) >= 11 is 0. The van der Waals surface area contributed by atoms with Gasteiger partial charge in [0.1, 0.15) is 0 Å². The lowest BCUT2D eigenvalue weighted by Gasteiger charge is -2.13. The zero-order valence-electron chi connectivity index (χ0n) is 6.89. The van der Waals surface area contributed by atoms with E-state index >= 15 is 0 Å². The third kappa shape index (κ3) is 1.45. The van der Waals surface area contributed by atoms with Crippen molar-refractivity contribution >= 4 is 0 Å². The SMILES string of the molecule is CC(C)C(C)C1CN1C. The molecule has 9 heavy (non-hydrogen) atoms. The molecule has 54 valence electrons. The van der Waals surface area contributed by atoms with Crippen LogP contribution < -0.4 is 0 Å². The molecule has 0 bridgehead atoms. The Balaban J connectivity index is 2.27. The third-order valence-electron chi connectivity index (χ3n) is 2.57. The van der Waals surface area contributed by atoms with E-state index in [1.165, 1.54) is 6.54 Å². The van der Waals surface area contributed by atoms with Crippen LogP contribution in [0.1, 0.15) is 20.8 Å². The molecule has 0 aromatic heterocycles. The predicted molar refractivity (Wildman–Crippen MR) is 40.4 cm³/mol. The van der Waals surface area contributed by atoms with Crippen LogP contribution in [0.4, 0.5) is 0 Å². The summed E-state index contributed by atoms with van der Waals surface area (Å²) in [5.74, 6) is 1.73. The minimum Gasteiger partial charge on any atom is -0.300 e. The lowest BCUT2D eigenvalue weighted by atomic mass is 9.95. The topological polar surface area (TPSA) is 3.01 Å². The number of nitrogens with zero attached hydrogens (tertiary/aromatic N) is 1. The maximum Gasteiger partial charge on any atom is 0.0248 e. The number of hydrogen-bond donors (Lipinski definition) is 0. The monoisotopic (exact) mass is 127 g/mol. The van der Waals surface area contributed by atoms with Gasteiger partial charge in [0.15, 0.2) is 0 Å². The van der Waals surface area contributed by atoms with Crippen LogP contribution in [0.5, 0.6) is 0 Å². The largest absolute Gasteiger partial charge is 0.300 e. The molecule has 3 unspecified atom stereocenters. The van der Waals surface area contributed by atoms with E-state index in [0.717, 1.165) is 17.9 Å². The summed E-state index contributed by atoms with van der Waals surface area (Å²) < 4.78 is 0. The van der Waals surface area contributed by atoms with Gasteiger partial charge in [-0.2, -0.15) is 0 Å². The number of likely N-dealkylation sites (N-methyl/N-ethyl adjacent to an activating group) is 1. The summed E-state index contributed by atoms with van der Waals surface area (Å²) in [4.78, 5) is 2.41. The molecule has 1 aliphatic rings. The standard InChI is InChI=1S/C8H17N/c1-6(2)7(3)8-5-9(8)4/h6-8H,5H2,1-4H3. The molecule has 0 aromatic rings. The number of hydrogen-bond acceptors (Lipinski definition) is 1. The van der Waals surface area contributed by atoms with E-state index in [-0.39, 0.29) is 0 Å². The molecule has 3 atom stereocenters. The fraction of sp³-hybridized carbons (Fsp3) is 1.00. The predicted octanol–water partition coefficient (Wildman–Crippen LogP) is 1.59. The van der Waals surface area contributed by atoms with E-state index in [9.17, 15) is 0 Å². The van der Waals surface area contributed by atoms with E-state index in [1.54, 1.807) is 0 Å². The van der Waals surface area contributed by atoms with E-state index in [4.69, 9.17) is 0 Å². The quantitative estimate of drug-likeness (QED) is 0.509. The molecular formula is C8H17N. The molecule has 0 saturated carbocycles. The maximum absolute atomic E-state index is 2.41. The van der Waals surface area contributed by atoms with Crippen LogP contribution in [-0.4, -0.2) is 24.5 Å². The molecule has 1 saturated heterocycles. The Bertz CT molecular complexity index is 98.7. The minimum atomic E-state index is 0.847. The van der Waals surface area contributed by atoms with Crippen molar-refractivity contribution in [3.05, 3.63) is 0 Å². The minimum absolute atomic E-state index is 0.847. The normalized spacial score (nSPS) is 37.0. The van der Waals surface area contributed by atoms with Crippen molar-refractivity contribution < 1.29 is 0 Å². The summed E-state index contributed by atoms with van der Waals surface area (Å²) in [7, 11) is 2.20. The van der Waals surface area contributed by atoms with E-state index < -0.39 is 0 Å². The second kappa shape index (κ2) is 2.30. The Labute approximate surface area is 58.0 Å². The van der Waals surface area contributed by atoms with Crippen molar-refractivity contribution in [2.24, 2.45) is 11.8 Å². The van der Waals surface area contributed by atoms with Gasteiger partial charge >= 0.3 is 0 Å². The van der Waals surface area contributed by atoms with Crippen molar-refractivity contribution in [2.45, 2.75) is 26.8 Å². The Hall–Kier alpha value is -0.0400. The fourth-order valence-electron chi connectivity index (χ4n) is 1.26. The van der Waals surface area contributed by atoms with Crippen molar-refractivity contribution in [1.29, 1.82) is 0 Å². The molecule has 0 aromatic carbocycles. The Morgan fingerprint density at radius 1 is 1.33 bits per heavy atom. The highest BCUT2D eigenvalue weighted by Gasteiger charge is 2.35. The summed E-state index contributed by atoms with van der Waals surface area (Å²) in [5, 5.41) is 0. The molecule has 0 radical (unpaired) electrons. The molecule has 0 spiro atoms. The van der Waals surface area contributed by atoms with Crippen LogP contribution in [0, 0.1) is 11.8 Å². The summed E-state index contributed by atoms with van der Waals surface area (Å²) in [6.07, 6.45) is 0. The van der Waals surface area contributed by atoms with E-state index in [2.05, 4.69) is 32.7 Å². The van der Waals surface area contributed by atoms with Crippen molar-refractivity contribution in [1.82, 2.24) is 4.90 Å². The van der Waals surface area contributed by atoms with Gasteiger partial charge in [0.05, 0.1) is 0 Å². The zero-order chi connectivity index (χ0) is 7.02. The van der Waals surface area contributed by atoms with Gasteiger partial charge in [-0.25, -0.2) is 0 Å². The van der Waals surface area contributed by atoms with Gasteiger partial charge < -0.3 is 4.90 Å². The first-order valence-electron chi connectivity index (χ1n) is 3.83. The Morgan fingerprint density at radius 3 is 1.89 bits per heavy atom. The average molecular weight is 127 g/mol. The third-order valence-corrected chi connectivity index (χ3v) is 2.57. The van der Waals surface area contributed by atoms with E-state index in [1.807, 2.05) is 0 Å². The summed E-state index contributed by atoms with van der Waals surface area (Å²) in [5.41, 5.74) is 0. The molecule has 1 heterocycles. The summed E-state index contributed by atoms with van der Waals surface area (Å²) in [6, 6.07) is 0.894. The highest BCUT2D eigenvalue weighted by molar-refractivity contribution is 4.90. The maximum atomic E-state index is 2.41. The van der Waals surface area contributed by atoms with Crippen LogP contribution in [-0.2, 0) is 0 Å². The van der Waals surface area contributed by atoms with Crippen molar-refractivity contribution in [3.63, 3.8) is 0 Å². The second-order valence-corrected chi connectivity index (χ2v) is 3.61. The van der Waals surface area contributed by atoms with Gasteiger partial charge in [-0.15, -0.1) is 0 Å². The van der Waals surface area contributed by atoms with Gasteiger partial charge in [-0.3, -0.25) is 0 Å². The molecule has 0 aliphatic carbocycles. The van der Waals surface area contributed by atoms with Gasteiger partial charge in [-0.1, -0.05) is 20.8 Å². The molecule has 1 heteroatoms. The Morgan fingerprint density at radius 2 is 1.78 bits per heavy atom. The van der Waals surface area contributed by atoms with Crippen molar-refractivity contribution in [3.8, 4) is 0 Å². The second-order valence-electron chi connectivity index (χ2n) is 3.61. The van der Waals surface area contributed by atoms with Crippen LogP contribution in [0.25, 0.3) is 0 Å². The van der Waals surface area contributed by atoms with Gasteiger partial charge in [0.25, 0.3) is 0 Å². The molecule has 0 amide bonds.